The summed E-state index contributed by atoms with van der Waals surface area (Å²) in [4.78, 5) is 0. The lowest BCUT2D eigenvalue weighted by Crippen LogP contribution is -2.16. The van der Waals surface area contributed by atoms with Gasteiger partial charge in [-0.15, -0.1) is 0 Å². The zero-order valence-electron chi connectivity index (χ0n) is 9.16. The van der Waals surface area contributed by atoms with Crippen LogP contribution < -0.4 is 0 Å². The van der Waals surface area contributed by atoms with Crippen molar-refractivity contribution in [2.75, 3.05) is 6.61 Å². The summed E-state index contributed by atoms with van der Waals surface area (Å²) in [6.45, 7) is 1.81. The van der Waals surface area contributed by atoms with Crippen molar-refractivity contribution >= 4 is 23.2 Å². The van der Waals surface area contributed by atoms with E-state index >= 15 is 0 Å². The van der Waals surface area contributed by atoms with E-state index in [9.17, 15) is 5.11 Å². The highest BCUT2D eigenvalue weighted by Crippen LogP contribution is 2.29. The standard InChI is InChI=1S/C12H16Cl2O2/c1-2-8(5-12(16)7-15)9-3-10(13)6-11(14)4-9/h3-4,6,8,12,15-16H,2,5,7H2,1H3. The van der Waals surface area contributed by atoms with Crippen LogP contribution in [0.3, 0.4) is 0 Å². The molecule has 2 unspecified atom stereocenters. The molecule has 0 saturated carbocycles. The second kappa shape index (κ2) is 6.45. The Morgan fingerprint density at radius 3 is 2.19 bits per heavy atom. The topological polar surface area (TPSA) is 40.5 Å². The van der Waals surface area contributed by atoms with Crippen LogP contribution in [0.15, 0.2) is 18.2 Å². The zero-order valence-corrected chi connectivity index (χ0v) is 10.7. The van der Waals surface area contributed by atoms with Crippen molar-refractivity contribution in [1.29, 1.82) is 0 Å². The van der Waals surface area contributed by atoms with Gasteiger partial charge >= 0.3 is 0 Å². The van der Waals surface area contributed by atoms with Crippen LogP contribution in [-0.4, -0.2) is 22.9 Å². The molecule has 2 N–H and O–H groups in total. The number of hydrogen-bond donors (Lipinski definition) is 2. The van der Waals surface area contributed by atoms with Gasteiger partial charge in [0.1, 0.15) is 0 Å². The number of aliphatic hydroxyl groups is 2. The molecule has 2 nitrogen and oxygen atoms in total. The fourth-order valence-electron chi connectivity index (χ4n) is 1.75. The zero-order chi connectivity index (χ0) is 12.1. The molecule has 90 valence electrons. The number of rotatable bonds is 5. The molecule has 0 saturated heterocycles. The molecule has 4 heteroatoms. The molecule has 0 spiro atoms. The Balaban J connectivity index is 2.86. The summed E-state index contributed by atoms with van der Waals surface area (Å²) in [6, 6.07) is 5.39. The van der Waals surface area contributed by atoms with Crippen LogP contribution in [0.1, 0.15) is 31.2 Å². The number of benzene rings is 1. The van der Waals surface area contributed by atoms with E-state index in [1.54, 1.807) is 6.07 Å². The molecule has 0 amide bonds. The van der Waals surface area contributed by atoms with Crippen LogP contribution >= 0.6 is 23.2 Å². The van der Waals surface area contributed by atoms with E-state index in [-0.39, 0.29) is 12.5 Å². The van der Waals surface area contributed by atoms with Gasteiger partial charge in [0, 0.05) is 10.0 Å². The summed E-state index contributed by atoms with van der Waals surface area (Å²) >= 11 is 11.9. The van der Waals surface area contributed by atoms with Crippen LogP contribution in [0.25, 0.3) is 0 Å². The molecule has 0 heterocycles. The predicted octanol–water partition coefficient (Wildman–Crippen LogP) is 3.23. The van der Waals surface area contributed by atoms with Gasteiger partial charge in [-0.25, -0.2) is 0 Å². The molecule has 0 aromatic heterocycles. The number of hydrogen-bond acceptors (Lipinski definition) is 2. The van der Waals surface area contributed by atoms with Gasteiger partial charge in [0.25, 0.3) is 0 Å². The maximum absolute atomic E-state index is 9.44. The average molecular weight is 263 g/mol. The Morgan fingerprint density at radius 2 is 1.75 bits per heavy atom. The van der Waals surface area contributed by atoms with Crippen molar-refractivity contribution < 1.29 is 10.2 Å². The van der Waals surface area contributed by atoms with Gasteiger partial charge in [-0.3, -0.25) is 0 Å². The third-order valence-electron chi connectivity index (χ3n) is 2.62. The molecule has 0 radical (unpaired) electrons. The lowest BCUT2D eigenvalue weighted by Gasteiger charge is -2.18. The van der Waals surface area contributed by atoms with Gasteiger partial charge in [-0.05, 0) is 42.5 Å². The second-order valence-electron chi connectivity index (χ2n) is 3.88. The maximum Gasteiger partial charge on any atom is 0.0776 e. The molecule has 0 aliphatic heterocycles. The highest BCUT2D eigenvalue weighted by molar-refractivity contribution is 6.34. The first kappa shape index (κ1) is 13.8. The summed E-state index contributed by atoms with van der Waals surface area (Å²) in [7, 11) is 0. The third-order valence-corrected chi connectivity index (χ3v) is 3.05. The van der Waals surface area contributed by atoms with Crippen molar-refractivity contribution in [2.24, 2.45) is 0 Å². The minimum absolute atomic E-state index is 0.165. The van der Waals surface area contributed by atoms with Crippen molar-refractivity contribution in [3.05, 3.63) is 33.8 Å². The SMILES string of the molecule is CCC(CC(O)CO)c1cc(Cl)cc(Cl)c1. The van der Waals surface area contributed by atoms with E-state index in [0.29, 0.717) is 16.5 Å². The van der Waals surface area contributed by atoms with Gasteiger partial charge < -0.3 is 10.2 Å². The van der Waals surface area contributed by atoms with Gasteiger partial charge in [-0.2, -0.15) is 0 Å². The fourth-order valence-corrected chi connectivity index (χ4v) is 2.30. The molecule has 1 aromatic carbocycles. The lowest BCUT2D eigenvalue weighted by atomic mass is 9.91. The Hall–Kier alpha value is -0.280. The Labute approximate surface area is 106 Å². The average Bonchev–Trinajstić information content (AvgIpc) is 2.24. The first-order chi connectivity index (χ1) is 7.56. The Morgan fingerprint density at radius 1 is 1.19 bits per heavy atom. The summed E-state index contributed by atoms with van der Waals surface area (Å²) in [5.74, 6) is 0.165. The molecule has 0 aliphatic carbocycles. The van der Waals surface area contributed by atoms with E-state index in [0.717, 1.165) is 12.0 Å². The first-order valence-corrected chi connectivity index (χ1v) is 6.07. The number of halogens is 2. The van der Waals surface area contributed by atoms with Crippen LogP contribution in [-0.2, 0) is 0 Å². The quantitative estimate of drug-likeness (QED) is 0.856. The van der Waals surface area contributed by atoms with Crippen LogP contribution in [0, 0.1) is 0 Å². The summed E-state index contributed by atoms with van der Waals surface area (Å²) in [5, 5.41) is 19.5. The minimum Gasteiger partial charge on any atom is -0.394 e. The molecular weight excluding hydrogens is 247 g/mol. The normalized spacial score (nSPS) is 14.8. The van der Waals surface area contributed by atoms with E-state index in [1.807, 2.05) is 19.1 Å². The van der Waals surface area contributed by atoms with Crippen LogP contribution in [0.5, 0.6) is 0 Å². The van der Waals surface area contributed by atoms with E-state index in [4.69, 9.17) is 28.3 Å². The van der Waals surface area contributed by atoms with Crippen molar-refractivity contribution in [2.45, 2.75) is 31.8 Å². The number of aliphatic hydroxyl groups excluding tert-OH is 2. The minimum atomic E-state index is -0.692. The van der Waals surface area contributed by atoms with Crippen molar-refractivity contribution in [1.82, 2.24) is 0 Å². The molecule has 1 aromatic rings. The molecule has 0 fully saturated rings. The maximum atomic E-state index is 9.44. The molecular formula is C12H16Cl2O2. The van der Waals surface area contributed by atoms with E-state index < -0.39 is 6.10 Å². The predicted molar refractivity (Wildman–Crippen MR) is 67.2 cm³/mol. The van der Waals surface area contributed by atoms with Gasteiger partial charge in [-0.1, -0.05) is 30.1 Å². The summed E-state index contributed by atoms with van der Waals surface area (Å²) < 4.78 is 0. The molecule has 2 atom stereocenters. The largest absolute Gasteiger partial charge is 0.394 e. The van der Waals surface area contributed by atoms with E-state index in [1.165, 1.54) is 0 Å². The first-order valence-electron chi connectivity index (χ1n) is 5.31. The molecule has 0 bridgehead atoms. The highest BCUT2D eigenvalue weighted by Gasteiger charge is 2.15. The fraction of sp³-hybridized carbons (Fsp3) is 0.500. The van der Waals surface area contributed by atoms with Crippen molar-refractivity contribution in [3.8, 4) is 0 Å². The smallest absolute Gasteiger partial charge is 0.0776 e. The molecule has 0 aliphatic rings. The monoisotopic (exact) mass is 262 g/mol. The van der Waals surface area contributed by atoms with Gasteiger partial charge in [0.2, 0.25) is 0 Å². The van der Waals surface area contributed by atoms with E-state index in [2.05, 4.69) is 0 Å². The second-order valence-corrected chi connectivity index (χ2v) is 4.75. The Kier molecular flexibility index (Phi) is 5.56. The summed E-state index contributed by atoms with van der Waals surface area (Å²) in [6.07, 6.45) is 0.694. The molecule has 1 rings (SSSR count). The molecule has 16 heavy (non-hydrogen) atoms. The van der Waals surface area contributed by atoms with Crippen LogP contribution in [0.4, 0.5) is 0 Å². The van der Waals surface area contributed by atoms with Crippen molar-refractivity contribution in [3.63, 3.8) is 0 Å². The lowest BCUT2D eigenvalue weighted by molar-refractivity contribution is 0.0817. The Bertz CT molecular complexity index is 322. The highest BCUT2D eigenvalue weighted by atomic mass is 35.5. The third kappa shape index (κ3) is 3.95. The summed E-state index contributed by atoms with van der Waals surface area (Å²) in [5.41, 5.74) is 1.01. The van der Waals surface area contributed by atoms with Crippen LogP contribution in [0.2, 0.25) is 10.0 Å². The van der Waals surface area contributed by atoms with Gasteiger partial charge in [0.15, 0.2) is 0 Å². The van der Waals surface area contributed by atoms with Gasteiger partial charge in [0.05, 0.1) is 12.7 Å².